The molecule has 0 aromatic rings. The van der Waals surface area contributed by atoms with Crippen LogP contribution in [-0.2, 0) is 0 Å². The van der Waals surface area contributed by atoms with Gasteiger partial charge in [0.05, 0.1) is 5.70 Å². The molecule has 5 nitrogen and oxygen atoms in total. The second kappa shape index (κ2) is 5.31. The Morgan fingerprint density at radius 3 is 3.07 bits per heavy atom. The summed E-state index contributed by atoms with van der Waals surface area (Å²) in [5.41, 5.74) is 0.664. The van der Waals surface area contributed by atoms with Crippen LogP contribution in [0, 0.1) is 0 Å². The quantitative estimate of drug-likeness (QED) is 0.525. The molecule has 1 fully saturated rings. The molecule has 1 saturated heterocycles. The van der Waals surface area contributed by atoms with Crippen LogP contribution < -0.4 is 5.32 Å². The van der Waals surface area contributed by atoms with Gasteiger partial charge >= 0.3 is 6.03 Å². The number of allylic oxidation sites excluding steroid dienone is 3. The van der Waals surface area contributed by atoms with Gasteiger partial charge in [0.25, 0.3) is 0 Å². The van der Waals surface area contributed by atoms with Crippen molar-refractivity contribution in [3.05, 3.63) is 24.4 Å². The third-order valence-electron chi connectivity index (χ3n) is 2.02. The molecular formula is C10H15N3O2. The molecule has 0 aliphatic carbocycles. The maximum Gasteiger partial charge on any atom is 0.323 e. The van der Waals surface area contributed by atoms with Crippen LogP contribution in [0.1, 0.15) is 6.42 Å². The van der Waals surface area contributed by atoms with Crippen LogP contribution in [-0.4, -0.2) is 42.1 Å². The Morgan fingerprint density at radius 2 is 2.53 bits per heavy atom. The van der Waals surface area contributed by atoms with Gasteiger partial charge in [-0.05, 0) is 6.08 Å². The highest BCUT2D eigenvalue weighted by Gasteiger charge is 2.24. The molecule has 0 aromatic carbocycles. The van der Waals surface area contributed by atoms with Crippen LogP contribution in [0.5, 0.6) is 0 Å². The summed E-state index contributed by atoms with van der Waals surface area (Å²) < 4.78 is 0. The summed E-state index contributed by atoms with van der Waals surface area (Å²) in [6.07, 6.45) is 4.62. The van der Waals surface area contributed by atoms with E-state index < -0.39 is 6.23 Å². The summed E-state index contributed by atoms with van der Waals surface area (Å²) >= 11 is 0. The molecule has 2 amide bonds. The third kappa shape index (κ3) is 2.92. The molecule has 2 N–H and O–H groups in total. The van der Waals surface area contributed by atoms with Crippen molar-refractivity contribution in [2.45, 2.75) is 12.6 Å². The molecule has 0 spiro atoms. The molecule has 0 bridgehead atoms. The van der Waals surface area contributed by atoms with Crippen molar-refractivity contribution < 1.29 is 9.90 Å². The van der Waals surface area contributed by atoms with Gasteiger partial charge in [0, 0.05) is 26.2 Å². The lowest BCUT2D eigenvalue weighted by atomic mass is 10.2. The van der Waals surface area contributed by atoms with Gasteiger partial charge in [-0.2, -0.15) is 0 Å². The third-order valence-corrected chi connectivity index (χ3v) is 2.02. The first-order chi connectivity index (χ1) is 7.19. The Labute approximate surface area is 88.8 Å². The molecule has 0 saturated carbocycles. The lowest BCUT2D eigenvalue weighted by Crippen LogP contribution is -2.51. The highest BCUT2D eigenvalue weighted by Crippen LogP contribution is 2.10. The summed E-state index contributed by atoms with van der Waals surface area (Å²) in [4.78, 5) is 16.9. The van der Waals surface area contributed by atoms with Crippen molar-refractivity contribution in [2.24, 2.45) is 4.99 Å². The zero-order valence-corrected chi connectivity index (χ0v) is 8.68. The van der Waals surface area contributed by atoms with E-state index in [0.29, 0.717) is 18.7 Å². The second-order valence-electron chi connectivity index (χ2n) is 3.12. The summed E-state index contributed by atoms with van der Waals surface area (Å²) in [7, 11) is 1.63. The smallest absolute Gasteiger partial charge is 0.323 e. The largest absolute Gasteiger partial charge is 0.374 e. The molecule has 5 heteroatoms. The van der Waals surface area contributed by atoms with E-state index in [1.807, 2.05) is 0 Å². The van der Waals surface area contributed by atoms with Gasteiger partial charge in [0.1, 0.15) is 6.23 Å². The first kappa shape index (κ1) is 11.5. The van der Waals surface area contributed by atoms with Gasteiger partial charge in [-0.3, -0.25) is 9.89 Å². The van der Waals surface area contributed by atoms with Crippen molar-refractivity contribution in [1.29, 1.82) is 0 Å². The number of rotatable bonds is 3. The minimum Gasteiger partial charge on any atom is -0.374 e. The second-order valence-corrected chi connectivity index (χ2v) is 3.12. The van der Waals surface area contributed by atoms with E-state index in [4.69, 9.17) is 0 Å². The van der Waals surface area contributed by atoms with E-state index in [1.165, 1.54) is 4.90 Å². The average molecular weight is 209 g/mol. The number of aliphatic hydroxyl groups is 1. The number of hydrogen-bond acceptors (Lipinski definition) is 3. The fourth-order valence-corrected chi connectivity index (χ4v) is 1.35. The standard InChI is InChI=1S/C10H15N3O2/c1-3-4-8(7-11-2)13-6-5-9(14)12-10(13)15/h3-4,7,9,14H,1,5-6H2,2H3,(H,12,15)/b8-4+,11-7?. The molecule has 1 unspecified atom stereocenters. The Hall–Kier alpha value is -1.62. The Bertz CT molecular complexity index is 310. The van der Waals surface area contributed by atoms with Crippen LogP contribution in [0.2, 0.25) is 0 Å². The van der Waals surface area contributed by atoms with Crippen LogP contribution >= 0.6 is 0 Å². The van der Waals surface area contributed by atoms with E-state index in [0.717, 1.165) is 0 Å². The van der Waals surface area contributed by atoms with Crippen LogP contribution in [0.4, 0.5) is 4.79 Å². The normalized spacial score (nSPS) is 23.1. The van der Waals surface area contributed by atoms with Gasteiger partial charge in [-0.25, -0.2) is 4.79 Å². The average Bonchev–Trinajstić information content (AvgIpc) is 2.17. The zero-order chi connectivity index (χ0) is 11.3. The molecule has 1 aliphatic heterocycles. The lowest BCUT2D eigenvalue weighted by Gasteiger charge is -2.30. The lowest BCUT2D eigenvalue weighted by molar-refractivity contribution is 0.0944. The topological polar surface area (TPSA) is 64.9 Å². The molecule has 0 radical (unpaired) electrons. The number of hydrogen-bond donors (Lipinski definition) is 2. The monoisotopic (exact) mass is 209 g/mol. The van der Waals surface area contributed by atoms with E-state index in [1.54, 1.807) is 25.4 Å². The minimum absolute atomic E-state index is 0.318. The van der Waals surface area contributed by atoms with Gasteiger partial charge in [0.15, 0.2) is 0 Å². The SMILES string of the molecule is C=C/C=C(\C=NC)N1CCC(O)NC1=O. The van der Waals surface area contributed by atoms with Crippen LogP contribution in [0.25, 0.3) is 0 Å². The maximum atomic E-state index is 11.5. The maximum absolute atomic E-state index is 11.5. The van der Waals surface area contributed by atoms with Crippen molar-refractivity contribution in [2.75, 3.05) is 13.6 Å². The van der Waals surface area contributed by atoms with E-state index in [-0.39, 0.29) is 6.03 Å². The summed E-state index contributed by atoms with van der Waals surface area (Å²) in [6.45, 7) is 4.04. The highest BCUT2D eigenvalue weighted by molar-refractivity contribution is 5.87. The molecule has 0 aromatic heterocycles. The number of aliphatic imine (C=N–C) groups is 1. The van der Waals surface area contributed by atoms with Crippen molar-refractivity contribution in [3.63, 3.8) is 0 Å². The Morgan fingerprint density at radius 1 is 1.80 bits per heavy atom. The van der Waals surface area contributed by atoms with Crippen molar-refractivity contribution >= 4 is 12.2 Å². The number of aliphatic hydroxyl groups excluding tert-OH is 1. The molecule has 1 aliphatic rings. The van der Waals surface area contributed by atoms with E-state index >= 15 is 0 Å². The number of nitrogens with one attached hydrogen (secondary N) is 1. The summed E-state index contributed by atoms with van der Waals surface area (Å²) in [5.74, 6) is 0. The van der Waals surface area contributed by atoms with E-state index in [9.17, 15) is 9.90 Å². The van der Waals surface area contributed by atoms with Crippen molar-refractivity contribution in [1.82, 2.24) is 10.2 Å². The Balaban J connectivity index is 2.80. The number of nitrogens with zero attached hydrogens (tertiary/aromatic N) is 2. The zero-order valence-electron chi connectivity index (χ0n) is 8.68. The number of carbonyl (C=O) groups excluding carboxylic acids is 1. The van der Waals surface area contributed by atoms with Gasteiger partial charge < -0.3 is 10.4 Å². The van der Waals surface area contributed by atoms with Crippen LogP contribution in [0.3, 0.4) is 0 Å². The molecule has 15 heavy (non-hydrogen) atoms. The summed E-state index contributed by atoms with van der Waals surface area (Å²) in [6, 6.07) is -0.318. The van der Waals surface area contributed by atoms with Gasteiger partial charge in [-0.1, -0.05) is 12.7 Å². The Kier molecular flexibility index (Phi) is 4.05. The molecule has 1 atom stereocenters. The number of carbonyl (C=O) groups is 1. The van der Waals surface area contributed by atoms with Gasteiger partial charge in [0.2, 0.25) is 0 Å². The first-order valence-electron chi connectivity index (χ1n) is 4.70. The summed E-state index contributed by atoms with van der Waals surface area (Å²) in [5, 5.41) is 11.6. The molecular weight excluding hydrogens is 194 g/mol. The predicted octanol–water partition coefficient (Wildman–Crippen LogP) is 0.491. The number of amides is 2. The minimum atomic E-state index is -0.753. The van der Waals surface area contributed by atoms with Crippen LogP contribution in [0.15, 0.2) is 29.4 Å². The molecule has 82 valence electrons. The molecule has 1 rings (SSSR count). The van der Waals surface area contributed by atoms with E-state index in [2.05, 4.69) is 16.9 Å². The van der Waals surface area contributed by atoms with Crippen molar-refractivity contribution in [3.8, 4) is 0 Å². The fraction of sp³-hybridized carbons (Fsp3) is 0.400. The first-order valence-corrected chi connectivity index (χ1v) is 4.70. The predicted molar refractivity (Wildman–Crippen MR) is 58.6 cm³/mol. The molecule has 1 heterocycles. The highest BCUT2D eigenvalue weighted by atomic mass is 16.3. The fourth-order valence-electron chi connectivity index (χ4n) is 1.35. The number of urea groups is 1. The van der Waals surface area contributed by atoms with Gasteiger partial charge in [-0.15, -0.1) is 0 Å².